The first kappa shape index (κ1) is 18.9. The van der Waals surface area contributed by atoms with Gasteiger partial charge in [0, 0.05) is 13.6 Å². The van der Waals surface area contributed by atoms with E-state index in [2.05, 4.69) is 5.32 Å². The van der Waals surface area contributed by atoms with Gasteiger partial charge >= 0.3 is 0 Å². The van der Waals surface area contributed by atoms with Crippen LogP contribution in [0.25, 0.3) is 0 Å². The lowest BCUT2D eigenvalue weighted by molar-refractivity contribution is -0.121. The number of hydrogen-bond acceptors (Lipinski definition) is 4. The van der Waals surface area contributed by atoms with Gasteiger partial charge in [-0.15, -0.1) is 0 Å². The molecule has 25 heavy (non-hydrogen) atoms. The van der Waals surface area contributed by atoms with E-state index in [0.29, 0.717) is 5.75 Å². The fraction of sp³-hybridized carbons (Fsp3) is 0.235. The van der Waals surface area contributed by atoms with Crippen LogP contribution in [0.4, 0.5) is 4.39 Å². The third kappa shape index (κ3) is 5.01. The number of likely N-dealkylation sites (N-methyl/N-ethyl adjacent to an activating group) is 1. The van der Waals surface area contributed by atoms with Crippen LogP contribution in [-0.2, 0) is 21.4 Å². The number of carbonyl (C=O) groups excluding carboxylic acids is 1. The topological polar surface area (TPSA) is 75.7 Å². The number of halogens is 1. The van der Waals surface area contributed by atoms with Crippen molar-refractivity contribution in [3.63, 3.8) is 0 Å². The van der Waals surface area contributed by atoms with Crippen molar-refractivity contribution in [1.82, 2.24) is 9.62 Å². The molecule has 0 fully saturated rings. The van der Waals surface area contributed by atoms with E-state index < -0.39 is 21.7 Å². The van der Waals surface area contributed by atoms with E-state index in [4.69, 9.17) is 4.74 Å². The molecule has 0 radical (unpaired) electrons. The second-order valence-corrected chi connectivity index (χ2v) is 7.38. The highest BCUT2D eigenvalue weighted by atomic mass is 32.2. The average Bonchev–Trinajstić information content (AvgIpc) is 2.60. The first-order valence-electron chi connectivity index (χ1n) is 7.44. The summed E-state index contributed by atoms with van der Waals surface area (Å²) in [5.74, 6) is -0.261. The maximum absolute atomic E-state index is 12.9. The molecular formula is C17H19FN2O4S. The smallest absolute Gasteiger partial charge is 0.243 e. The number of sulfonamides is 1. The van der Waals surface area contributed by atoms with Gasteiger partial charge in [-0.3, -0.25) is 4.79 Å². The lowest BCUT2D eigenvalue weighted by atomic mass is 10.2. The number of nitrogens with one attached hydrogen (secondary N) is 1. The molecule has 2 rings (SSSR count). The Balaban J connectivity index is 1.93. The normalized spacial score (nSPS) is 11.4. The summed E-state index contributed by atoms with van der Waals surface area (Å²) >= 11 is 0. The zero-order valence-electron chi connectivity index (χ0n) is 13.9. The molecule has 0 spiro atoms. The fourth-order valence-electron chi connectivity index (χ4n) is 2.07. The van der Waals surface area contributed by atoms with Crippen LogP contribution in [-0.4, -0.2) is 39.3 Å². The van der Waals surface area contributed by atoms with Crippen molar-refractivity contribution in [2.45, 2.75) is 11.4 Å². The van der Waals surface area contributed by atoms with Gasteiger partial charge in [-0.1, -0.05) is 12.1 Å². The van der Waals surface area contributed by atoms with Crippen molar-refractivity contribution in [1.29, 1.82) is 0 Å². The number of hydrogen-bond donors (Lipinski definition) is 1. The number of rotatable bonds is 7. The van der Waals surface area contributed by atoms with E-state index in [1.54, 1.807) is 31.4 Å². The standard InChI is InChI=1S/C17H19FN2O4S/c1-20(25(22,23)16-9-5-14(18)6-10-16)12-17(21)19-11-13-3-7-15(24-2)8-4-13/h3-10H,11-12H2,1-2H3,(H,19,21). The molecule has 1 N–H and O–H groups in total. The molecular weight excluding hydrogens is 347 g/mol. The van der Waals surface area contributed by atoms with Crippen LogP contribution in [0.3, 0.4) is 0 Å². The minimum absolute atomic E-state index is 0.0700. The predicted molar refractivity (Wildman–Crippen MR) is 91.1 cm³/mol. The van der Waals surface area contributed by atoms with Gasteiger partial charge in [-0.2, -0.15) is 4.31 Å². The van der Waals surface area contributed by atoms with Crippen molar-refractivity contribution in [2.75, 3.05) is 20.7 Å². The fourth-order valence-corrected chi connectivity index (χ4v) is 3.20. The zero-order valence-corrected chi connectivity index (χ0v) is 14.7. The van der Waals surface area contributed by atoms with Crippen molar-refractivity contribution < 1.29 is 22.3 Å². The number of benzene rings is 2. The van der Waals surface area contributed by atoms with Crippen LogP contribution < -0.4 is 10.1 Å². The Hall–Kier alpha value is -2.45. The Morgan fingerprint density at radius 1 is 1.12 bits per heavy atom. The second-order valence-electron chi connectivity index (χ2n) is 5.34. The summed E-state index contributed by atoms with van der Waals surface area (Å²) in [6, 6.07) is 11.6. The first-order valence-corrected chi connectivity index (χ1v) is 8.88. The van der Waals surface area contributed by atoms with E-state index in [0.717, 1.165) is 34.1 Å². The number of carbonyl (C=O) groups is 1. The Bertz CT molecular complexity index is 821. The quantitative estimate of drug-likeness (QED) is 0.810. The lowest BCUT2D eigenvalue weighted by Crippen LogP contribution is -2.38. The van der Waals surface area contributed by atoms with Crippen molar-refractivity contribution in [2.24, 2.45) is 0 Å². The van der Waals surface area contributed by atoms with Gasteiger partial charge in [0.05, 0.1) is 18.6 Å². The van der Waals surface area contributed by atoms with Crippen LogP contribution in [0.2, 0.25) is 0 Å². The van der Waals surface area contributed by atoms with Crippen LogP contribution in [0.5, 0.6) is 5.75 Å². The molecule has 0 atom stereocenters. The Kier molecular flexibility index (Phi) is 6.11. The summed E-state index contributed by atoms with van der Waals surface area (Å²) in [4.78, 5) is 11.9. The van der Waals surface area contributed by atoms with E-state index in [9.17, 15) is 17.6 Å². The van der Waals surface area contributed by atoms with Crippen LogP contribution >= 0.6 is 0 Å². The number of methoxy groups -OCH3 is 1. The summed E-state index contributed by atoms with van der Waals surface area (Å²) in [7, 11) is -0.993. The van der Waals surface area contributed by atoms with Crippen LogP contribution in [0.15, 0.2) is 53.4 Å². The molecule has 0 saturated heterocycles. The van der Waals surface area contributed by atoms with Gasteiger partial charge in [0.1, 0.15) is 11.6 Å². The molecule has 0 aromatic heterocycles. The Morgan fingerprint density at radius 3 is 2.28 bits per heavy atom. The predicted octanol–water partition coefficient (Wildman–Crippen LogP) is 1.77. The number of amides is 1. The van der Waals surface area contributed by atoms with Gasteiger partial charge in [-0.05, 0) is 42.0 Å². The second kappa shape index (κ2) is 8.09. The summed E-state index contributed by atoms with van der Waals surface area (Å²) in [5.41, 5.74) is 0.859. The number of ether oxygens (including phenoxy) is 1. The van der Waals surface area contributed by atoms with Crippen molar-refractivity contribution in [3.05, 3.63) is 59.9 Å². The largest absolute Gasteiger partial charge is 0.497 e. The molecule has 0 saturated carbocycles. The highest BCUT2D eigenvalue weighted by Crippen LogP contribution is 2.14. The summed E-state index contributed by atoms with van der Waals surface area (Å²) < 4.78 is 43.6. The highest BCUT2D eigenvalue weighted by molar-refractivity contribution is 7.89. The molecule has 0 aliphatic carbocycles. The molecule has 6 nitrogen and oxygen atoms in total. The maximum Gasteiger partial charge on any atom is 0.243 e. The van der Waals surface area contributed by atoms with Crippen molar-refractivity contribution in [3.8, 4) is 5.75 Å². The monoisotopic (exact) mass is 366 g/mol. The molecule has 0 unspecified atom stereocenters. The van der Waals surface area contributed by atoms with E-state index in [1.807, 2.05) is 0 Å². The summed E-state index contributed by atoms with van der Waals surface area (Å²) in [5, 5.41) is 2.65. The Morgan fingerprint density at radius 2 is 1.72 bits per heavy atom. The minimum Gasteiger partial charge on any atom is -0.497 e. The summed E-state index contributed by atoms with van der Waals surface area (Å²) in [6.45, 7) is -0.0663. The third-order valence-corrected chi connectivity index (χ3v) is 5.35. The molecule has 0 aliphatic rings. The van der Waals surface area contributed by atoms with Gasteiger partial charge < -0.3 is 10.1 Å². The van der Waals surface area contributed by atoms with Crippen LogP contribution in [0, 0.1) is 5.82 Å². The highest BCUT2D eigenvalue weighted by Gasteiger charge is 2.22. The van der Waals surface area contributed by atoms with E-state index >= 15 is 0 Å². The zero-order chi connectivity index (χ0) is 18.4. The lowest BCUT2D eigenvalue weighted by Gasteiger charge is -2.17. The maximum atomic E-state index is 12.9. The minimum atomic E-state index is -3.85. The van der Waals surface area contributed by atoms with E-state index in [1.165, 1.54) is 7.05 Å². The summed E-state index contributed by atoms with van der Waals surface area (Å²) in [6.07, 6.45) is 0. The molecule has 0 aliphatic heterocycles. The van der Waals surface area contributed by atoms with Crippen molar-refractivity contribution >= 4 is 15.9 Å². The first-order chi connectivity index (χ1) is 11.8. The SMILES string of the molecule is COc1ccc(CNC(=O)CN(C)S(=O)(=O)c2ccc(F)cc2)cc1. The van der Waals surface area contributed by atoms with Gasteiger partial charge in [0.25, 0.3) is 0 Å². The molecule has 0 bridgehead atoms. The molecule has 8 heteroatoms. The third-order valence-electron chi connectivity index (χ3n) is 3.54. The number of nitrogens with zero attached hydrogens (tertiary/aromatic N) is 1. The molecule has 0 heterocycles. The van der Waals surface area contributed by atoms with Gasteiger partial charge in [0.15, 0.2) is 0 Å². The molecule has 1 amide bonds. The molecule has 134 valence electrons. The van der Waals surface area contributed by atoms with E-state index in [-0.39, 0.29) is 18.0 Å². The van der Waals surface area contributed by atoms with Crippen LogP contribution in [0.1, 0.15) is 5.56 Å². The van der Waals surface area contributed by atoms with Gasteiger partial charge in [0.2, 0.25) is 15.9 Å². The van der Waals surface area contributed by atoms with Gasteiger partial charge in [-0.25, -0.2) is 12.8 Å². The molecule has 2 aromatic carbocycles. The molecule has 2 aromatic rings. The average molecular weight is 366 g/mol. The Labute approximate surface area is 146 Å².